The lowest BCUT2D eigenvalue weighted by Crippen LogP contribution is -2.09. The topological polar surface area (TPSA) is 21.3 Å². The second-order valence-electron chi connectivity index (χ2n) is 4.44. The number of nitrogens with one attached hydrogen (secondary N) is 1. The van der Waals surface area contributed by atoms with E-state index in [1.807, 2.05) is 19.1 Å². The van der Waals surface area contributed by atoms with Crippen molar-refractivity contribution in [3.05, 3.63) is 64.9 Å². The highest BCUT2D eigenvalue weighted by Gasteiger charge is 2.09. The molecule has 0 atom stereocenters. The molecule has 0 unspecified atom stereocenters. The van der Waals surface area contributed by atoms with Gasteiger partial charge in [-0.2, -0.15) is 0 Å². The zero-order chi connectivity index (χ0) is 14.7. The van der Waals surface area contributed by atoms with Gasteiger partial charge in [-0.05, 0) is 41.8 Å². The molecule has 2 aromatic rings. The smallest absolute Gasteiger partial charge is 0.123 e. The van der Waals surface area contributed by atoms with Crippen LogP contribution in [0.5, 0.6) is 0 Å². The number of benzene rings is 2. The predicted octanol–water partition coefficient (Wildman–Crippen LogP) is 4.58. The van der Waals surface area contributed by atoms with Crippen molar-refractivity contribution in [1.82, 2.24) is 5.48 Å². The van der Waals surface area contributed by atoms with Crippen molar-refractivity contribution in [3.63, 3.8) is 0 Å². The molecule has 2 nitrogen and oxygen atoms in total. The molecule has 20 heavy (non-hydrogen) atoms. The van der Waals surface area contributed by atoms with Gasteiger partial charge in [0.15, 0.2) is 0 Å². The monoisotopic (exact) mass is 291 g/mol. The molecule has 0 saturated carbocycles. The van der Waals surface area contributed by atoms with E-state index >= 15 is 0 Å². The zero-order valence-corrected chi connectivity index (χ0v) is 12.1. The summed E-state index contributed by atoms with van der Waals surface area (Å²) < 4.78 is 13.4. The molecule has 2 aromatic carbocycles. The first kappa shape index (κ1) is 14.6. The van der Waals surface area contributed by atoms with Crippen molar-refractivity contribution in [2.45, 2.75) is 6.92 Å². The molecule has 0 spiro atoms. The molecule has 0 heterocycles. The van der Waals surface area contributed by atoms with Gasteiger partial charge in [0.2, 0.25) is 0 Å². The Morgan fingerprint density at radius 2 is 2.00 bits per heavy atom. The highest BCUT2D eigenvalue weighted by atomic mass is 35.5. The molecule has 0 aliphatic rings. The van der Waals surface area contributed by atoms with E-state index in [0.29, 0.717) is 10.7 Å². The van der Waals surface area contributed by atoms with Gasteiger partial charge in [-0.3, -0.25) is 10.3 Å². The first-order valence-electron chi connectivity index (χ1n) is 6.07. The fraction of sp³-hybridized carbons (Fsp3) is 0.125. The molecule has 0 bridgehead atoms. The Labute approximate surface area is 122 Å². The van der Waals surface area contributed by atoms with Gasteiger partial charge in [0.1, 0.15) is 5.82 Å². The van der Waals surface area contributed by atoms with E-state index in [1.54, 1.807) is 12.1 Å². The molecule has 0 aliphatic heterocycles. The summed E-state index contributed by atoms with van der Waals surface area (Å²) in [5, 5.41) is 0.528. The first-order valence-corrected chi connectivity index (χ1v) is 6.45. The summed E-state index contributed by atoms with van der Waals surface area (Å²) in [4.78, 5) is 4.80. The van der Waals surface area contributed by atoms with Crippen LogP contribution in [0.2, 0.25) is 5.02 Å². The lowest BCUT2D eigenvalue weighted by Gasteiger charge is -2.12. The van der Waals surface area contributed by atoms with Crippen molar-refractivity contribution in [2.75, 3.05) is 7.11 Å². The summed E-state index contributed by atoms with van der Waals surface area (Å²) in [5.74, 6) is -0.267. The van der Waals surface area contributed by atoms with Crippen molar-refractivity contribution < 1.29 is 9.23 Å². The zero-order valence-electron chi connectivity index (χ0n) is 11.3. The molecule has 0 radical (unpaired) electrons. The number of hydrogen-bond acceptors (Lipinski definition) is 2. The van der Waals surface area contributed by atoms with Crippen LogP contribution in [0.1, 0.15) is 11.1 Å². The van der Waals surface area contributed by atoms with Crippen LogP contribution in [0.15, 0.2) is 43.0 Å². The van der Waals surface area contributed by atoms with Crippen LogP contribution in [0, 0.1) is 12.7 Å². The summed E-state index contributed by atoms with van der Waals surface area (Å²) >= 11 is 6.25. The summed E-state index contributed by atoms with van der Waals surface area (Å²) in [6.07, 6.45) is 0. The molecule has 0 aromatic heterocycles. The average Bonchev–Trinajstić information content (AvgIpc) is 2.41. The number of aryl methyl sites for hydroxylation is 1. The van der Waals surface area contributed by atoms with E-state index < -0.39 is 0 Å². The first-order chi connectivity index (χ1) is 9.52. The van der Waals surface area contributed by atoms with Gasteiger partial charge < -0.3 is 0 Å². The Bertz CT molecular complexity index is 655. The minimum absolute atomic E-state index is 0.267. The van der Waals surface area contributed by atoms with Crippen LogP contribution in [-0.2, 0) is 4.84 Å². The summed E-state index contributed by atoms with van der Waals surface area (Å²) in [7, 11) is 1.50. The largest absolute Gasteiger partial charge is 0.279 e. The van der Waals surface area contributed by atoms with Gasteiger partial charge in [-0.1, -0.05) is 36.4 Å². The van der Waals surface area contributed by atoms with E-state index in [0.717, 1.165) is 22.3 Å². The molecular weight excluding hydrogens is 277 g/mol. The van der Waals surface area contributed by atoms with Crippen molar-refractivity contribution >= 4 is 17.3 Å². The predicted molar refractivity (Wildman–Crippen MR) is 80.8 cm³/mol. The quantitative estimate of drug-likeness (QED) is 0.833. The highest BCUT2D eigenvalue weighted by Crippen LogP contribution is 2.30. The van der Waals surface area contributed by atoms with Gasteiger partial charge >= 0.3 is 0 Å². The van der Waals surface area contributed by atoms with Crippen molar-refractivity contribution in [1.29, 1.82) is 0 Å². The number of hydrogen-bond donors (Lipinski definition) is 1. The van der Waals surface area contributed by atoms with Gasteiger partial charge in [0, 0.05) is 5.56 Å². The van der Waals surface area contributed by atoms with Crippen LogP contribution in [0.3, 0.4) is 0 Å². The number of hydroxylamine groups is 1. The molecule has 1 N–H and O–H groups in total. The minimum Gasteiger partial charge on any atom is -0.279 e. The van der Waals surface area contributed by atoms with Crippen LogP contribution in [-0.4, -0.2) is 7.11 Å². The lowest BCUT2D eigenvalue weighted by atomic mass is 9.99. The Kier molecular flexibility index (Phi) is 4.42. The number of halogens is 2. The SMILES string of the molecule is C=C(NOC)c1ccc(-c2cc(F)ccc2C)cc1Cl. The maximum Gasteiger partial charge on any atom is 0.123 e. The van der Waals surface area contributed by atoms with Crippen molar-refractivity contribution in [3.8, 4) is 11.1 Å². The Balaban J connectivity index is 2.43. The van der Waals surface area contributed by atoms with E-state index in [9.17, 15) is 4.39 Å². The van der Waals surface area contributed by atoms with Gasteiger partial charge in [-0.15, -0.1) is 0 Å². The maximum atomic E-state index is 13.4. The van der Waals surface area contributed by atoms with E-state index in [4.69, 9.17) is 16.4 Å². The lowest BCUT2D eigenvalue weighted by molar-refractivity contribution is 0.137. The third-order valence-corrected chi connectivity index (χ3v) is 3.34. The second kappa shape index (κ2) is 6.07. The second-order valence-corrected chi connectivity index (χ2v) is 4.85. The van der Waals surface area contributed by atoms with E-state index in [-0.39, 0.29) is 5.82 Å². The van der Waals surface area contributed by atoms with E-state index in [1.165, 1.54) is 19.2 Å². The molecule has 4 heteroatoms. The molecule has 0 saturated heterocycles. The average molecular weight is 292 g/mol. The fourth-order valence-electron chi connectivity index (χ4n) is 2.01. The molecule has 104 valence electrons. The standard InChI is InChI=1S/C16H15ClFNO/c1-10-4-6-13(18)9-15(10)12-5-7-14(16(17)8-12)11(2)19-20-3/h4-9,19H,2H2,1,3H3. The fourth-order valence-corrected chi connectivity index (χ4v) is 2.31. The normalized spacial score (nSPS) is 10.4. The summed E-state index contributed by atoms with van der Waals surface area (Å²) in [5.41, 5.74) is 6.63. The van der Waals surface area contributed by atoms with Crippen LogP contribution >= 0.6 is 11.6 Å². The van der Waals surface area contributed by atoms with E-state index in [2.05, 4.69) is 12.1 Å². The maximum absolute atomic E-state index is 13.4. The van der Waals surface area contributed by atoms with Crippen LogP contribution in [0.25, 0.3) is 16.8 Å². The van der Waals surface area contributed by atoms with Crippen LogP contribution in [0.4, 0.5) is 4.39 Å². The van der Waals surface area contributed by atoms with Gasteiger partial charge in [-0.25, -0.2) is 4.39 Å². The third kappa shape index (κ3) is 3.00. The van der Waals surface area contributed by atoms with Crippen LogP contribution < -0.4 is 5.48 Å². The van der Waals surface area contributed by atoms with Gasteiger partial charge in [0.25, 0.3) is 0 Å². The third-order valence-electron chi connectivity index (χ3n) is 3.03. The summed E-state index contributed by atoms with van der Waals surface area (Å²) in [6, 6.07) is 10.2. The minimum atomic E-state index is -0.267. The van der Waals surface area contributed by atoms with Crippen molar-refractivity contribution in [2.24, 2.45) is 0 Å². The van der Waals surface area contributed by atoms with Gasteiger partial charge in [0.05, 0.1) is 17.8 Å². The molecule has 2 rings (SSSR count). The number of rotatable bonds is 4. The molecule has 0 aliphatic carbocycles. The highest BCUT2D eigenvalue weighted by molar-refractivity contribution is 6.32. The summed E-state index contributed by atoms with van der Waals surface area (Å²) in [6.45, 7) is 5.76. The molecule has 0 amide bonds. The Morgan fingerprint density at radius 3 is 2.65 bits per heavy atom. The molecule has 0 fully saturated rings. The molecular formula is C16H15ClFNO. The Hall–Kier alpha value is -1.84. The Morgan fingerprint density at radius 1 is 1.25 bits per heavy atom.